The third kappa shape index (κ3) is 16.7. The predicted molar refractivity (Wildman–Crippen MR) is 83.0 cm³/mol. The highest BCUT2D eigenvalue weighted by Gasteiger charge is 1.97. The van der Waals surface area contributed by atoms with Gasteiger partial charge in [-0.15, -0.1) is 0 Å². The summed E-state index contributed by atoms with van der Waals surface area (Å²) in [4.78, 5) is 10.3. The molecule has 5 nitrogen and oxygen atoms in total. The summed E-state index contributed by atoms with van der Waals surface area (Å²) in [6, 6.07) is 0. The van der Waals surface area contributed by atoms with Crippen LogP contribution >= 0.6 is 0 Å². The molecule has 0 amide bonds. The average molecular weight is 285 g/mol. The van der Waals surface area contributed by atoms with Crippen molar-refractivity contribution >= 4 is 11.9 Å². The second kappa shape index (κ2) is 14.2. The maximum absolute atomic E-state index is 10.3. The van der Waals surface area contributed by atoms with Gasteiger partial charge in [-0.3, -0.25) is 10.2 Å². The van der Waals surface area contributed by atoms with Crippen LogP contribution < -0.4 is 11.1 Å². The van der Waals surface area contributed by atoms with Gasteiger partial charge in [0.15, 0.2) is 5.96 Å². The van der Waals surface area contributed by atoms with Crippen LogP contribution in [0, 0.1) is 5.41 Å². The van der Waals surface area contributed by atoms with Crippen molar-refractivity contribution in [2.45, 2.75) is 77.0 Å². The second-order valence-corrected chi connectivity index (χ2v) is 5.37. The normalized spacial score (nSPS) is 10.4. The van der Waals surface area contributed by atoms with Gasteiger partial charge in [-0.05, 0) is 12.8 Å². The Hall–Kier alpha value is -1.26. The van der Waals surface area contributed by atoms with Crippen molar-refractivity contribution in [3.63, 3.8) is 0 Å². The molecule has 0 spiro atoms. The van der Waals surface area contributed by atoms with Crippen LogP contribution in [0.5, 0.6) is 0 Å². The fourth-order valence-corrected chi connectivity index (χ4v) is 2.22. The van der Waals surface area contributed by atoms with E-state index in [4.69, 9.17) is 16.2 Å². The summed E-state index contributed by atoms with van der Waals surface area (Å²) in [7, 11) is 0. The quantitative estimate of drug-likeness (QED) is 0.224. The number of carboxylic acid groups (broad SMARTS) is 1. The van der Waals surface area contributed by atoms with Crippen LogP contribution in [-0.2, 0) is 4.79 Å². The van der Waals surface area contributed by atoms with E-state index in [1.165, 1.54) is 51.4 Å². The molecule has 0 aliphatic heterocycles. The highest BCUT2D eigenvalue weighted by Crippen LogP contribution is 2.11. The van der Waals surface area contributed by atoms with Gasteiger partial charge in [-0.2, -0.15) is 0 Å². The third-order valence-corrected chi connectivity index (χ3v) is 3.38. The lowest BCUT2D eigenvalue weighted by molar-refractivity contribution is -0.137. The van der Waals surface area contributed by atoms with Crippen molar-refractivity contribution in [3.05, 3.63) is 0 Å². The van der Waals surface area contributed by atoms with E-state index < -0.39 is 5.97 Å². The fraction of sp³-hybridized carbons (Fsp3) is 0.867. The summed E-state index contributed by atoms with van der Waals surface area (Å²) >= 11 is 0. The first-order valence-corrected chi connectivity index (χ1v) is 7.92. The first-order chi connectivity index (χ1) is 9.63. The minimum Gasteiger partial charge on any atom is -0.481 e. The van der Waals surface area contributed by atoms with Gasteiger partial charge in [-0.1, -0.05) is 57.8 Å². The van der Waals surface area contributed by atoms with Crippen LogP contribution in [0.4, 0.5) is 0 Å². The molecule has 0 radical (unpaired) electrons. The molecule has 0 unspecified atom stereocenters. The molecule has 5 N–H and O–H groups in total. The molecule has 0 fully saturated rings. The highest BCUT2D eigenvalue weighted by atomic mass is 16.4. The first-order valence-electron chi connectivity index (χ1n) is 7.92. The SMILES string of the molecule is N=C(N)NCCCCCCCCCCCCCC(=O)O. The van der Waals surface area contributed by atoms with Gasteiger partial charge in [0, 0.05) is 13.0 Å². The Labute approximate surface area is 122 Å². The molecule has 0 aliphatic carbocycles. The monoisotopic (exact) mass is 285 g/mol. The van der Waals surface area contributed by atoms with E-state index in [2.05, 4.69) is 5.32 Å². The Balaban J connectivity index is 2.99. The van der Waals surface area contributed by atoms with E-state index in [9.17, 15) is 4.79 Å². The average Bonchev–Trinajstić information content (AvgIpc) is 2.38. The molecule has 0 aliphatic rings. The van der Waals surface area contributed by atoms with E-state index >= 15 is 0 Å². The van der Waals surface area contributed by atoms with Gasteiger partial charge >= 0.3 is 5.97 Å². The lowest BCUT2D eigenvalue weighted by Gasteiger charge is -2.04. The Kier molecular flexibility index (Phi) is 13.3. The summed E-state index contributed by atoms with van der Waals surface area (Å²) in [6.07, 6.45) is 13.3. The lowest BCUT2D eigenvalue weighted by Crippen LogP contribution is -2.30. The lowest BCUT2D eigenvalue weighted by atomic mass is 10.1. The number of nitrogens with one attached hydrogen (secondary N) is 2. The standard InChI is InChI=1S/C15H31N3O2/c16-15(17)18-13-11-9-7-5-3-1-2-4-6-8-10-12-14(19)20/h1-13H2,(H,19,20)(H4,16,17,18). The summed E-state index contributed by atoms with van der Waals surface area (Å²) in [5.41, 5.74) is 5.19. The molecule has 0 heterocycles. The number of hydrogen-bond donors (Lipinski definition) is 4. The van der Waals surface area contributed by atoms with Gasteiger partial charge in [0.2, 0.25) is 0 Å². The molecule has 0 rings (SSSR count). The topological polar surface area (TPSA) is 99.2 Å². The highest BCUT2D eigenvalue weighted by molar-refractivity contribution is 5.74. The summed E-state index contributed by atoms with van der Waals surface area (Å²) in [5.74, 6) is -0.614. The Bertz CT molecular complexity index is 232. The molecule has 0 bridgehead atoms. The van der Waals surface area contributed by atoms with Crippen LogP contribution in [0.1, 0.15) is 77.0 Å². The van der Waals surface area contributed by atoms with Crippen molar-refractivity contribution in [2.75, 3.05) is 6.54 Å². The van der Waals surface area contributed by atoms with E-state index in [1.807, 2.05) is 0 Å². The van der Waals surface area contributed by atoms with Crippen LogP contribution in [0.2, 0.25) is 0 Å². The van der Waals surface area contributed by atoms with Gasteiger partial charge in [0.25, 0.3) is 0 Å². The molecule has 20 heavy (non-hydrogen) atoms. The van der Waals surface area contributed by atoms with Crippen LogP contribution in [0.3, 0.4) is 0 Å². The van der Waals surface area contributed by atoms with Gasteiger partial charge < -0.3 is 16.2 Å². The molecule has 0 saturated carbocycles. The van der Waals surface area contributed by atoms with Crippen molar-refractivity contribution in [1.29, 1.82) is 5.41 Å². The summed E-state index contributed by atoms with van der Waals surface area (Å²) in [6.45, 7) is 0.811. The minimum absolute atomic E-state index is 0.0633. The molecule has 0 aromatic heterocycles. The van der Waals surface area contributed by atoms with Gasteiger partial charge in [0.05, 0.1) is 0 Å². The molecule has 0 atom stereocenters. The number of nitrogens with two attached hydrogens (primary N) is 1. The van der Waals surface area contributed by atoms with E-state index in [1.54, 1.807) is 0 Å². The van der Waals surface area contributed by atoms with Crippen molar-refractivity contribution in [2.24, 2.45) is 5.73 Å². The Morgan fingerprint density at radius 3 is 1.65 bits per heavy atom. The number of hydrogen-bond acceptors (Lipinski definition) is 2. The maximum atomic E-state index is 10.3. The maximum Gasteiger partial charge on any atom is 0.303 e. The summed E-state index contributed by atoms with van der Waals surface area (Å²) < 4.78 is 0. The number of unbranched alkanes of at least 4 members (excludes halogenated alkanes) is 10. The van der Waals surface area contributed by atoms with Crippen molar-refractivity contribution in [3.8, 4) is 0 Å². The second-order valence-electron chi connectivity index (χ2n) is 5.37. The zero-order valence-electron chi connectivity index (χ0n) is 12.6. The molecule has 5 heteroatoms. The van der Waals surface area contributed by atoms with Crippen LogP contribution in [0.15, 0.2) is 0 Å². The number of rotatable bonds is 14. The molecule has 0 saturated heterocycles. The van der Waals surface area contributed by atoms with Gasteiger partial charge in [-0.25, -0.2) is 0 Å². The number of carboxylic acids is 1. The zero-order valence-corrected chi connectivity index (χ0v) is 12.6. The molecule has 118 valence electrons. The predicted octanol–water partition coefficient (Wildman–Crippen LogP) is 3.24. The van der Waals surface area contributed by atoms with Crippen molar-refractivity contribution in [1.82, 2.24) is 5.32 Å². The minimum atomic E-state index is -0.677. The van der Waals surface area contributed by atoms with E-state index in [0.717, 1.165) is 25.8 Å². The third-order valence-electron chi connectivity index (χ3n) is 3.38. The number of carbonyl (C=O) groups is 1. The van der Waals surface area contributed by atoms with E-state index in [-0.39, 0.29) is 5.96 Å². The van der Waals surface area contributed by atoms with Gasteiger partial charge in [0.1, 0.15) is 0 Å². The smallest absolute Gasteiger partial charge is 0.303 e. The Morgan fingerprint density at radius 1 is 0.850 bits per heavy atom. The Morgan fingerprint density at radius 2 is 1.25 bits per heavy atom. The first kappa shape index (κ1) is 18.7. The molecular formula is C15H31N3O2. The summed E-state index contributed by atoms with van der Waals surface area (Å²) in [5, 5.41) is 18.3. The molecular weight excluding hydrogens is 254 g/mol. The molecule has 0 aromatic carbocycles. The molecule has 0 aromatic rings. The zero-order chi connectivity index (χ0) is 15.1. The van der Waals surface area contributed by atoms with Crippen molar-refractivity contribution < 1.29 is 9.90 Å². The van der Waals surface area contributed by atoms with Crippen LogP contribution in [-0.4, -0.2) is 23.6 Å². The fourth-order valence-electron chi connectivity index (χ4n) is 2.22. The van der Waals surface area contributed by atoms with Crippen LogP contribution in [0.25, 0.3) is 0 Å². The largest absolute Gasteiger partial charge is 0.481 e. The van der Waals surface area contributed by atoms with E-state index in [0.29, 0.717) is 6.42 Å². The number of aliphatic carboxylic acids is 1. The number of guanidine groups is 1.